The molecule has 0 aromatic carbocycles. The van der Waals surface area contributed by atoms with E-state index in [1.807, 2.05) is 11.3 Å². The van der Waals surface area contributed by atoms with Gasteiger partial charge in [-0.1, -0.05) is 20.3 Å². The Balaban J connectivity index is 2.97. The lowest BCUT2D eigenvalue weighted by Gasteiger charge is -2.38. The minimum atomic E-state index is 0.170. The molecule has 19 heavy (non-hydrogen) atoms. The van der Waals surface area contributed by atoms with E-state index < -0.39 is 0 Å². The summed E-state index contributed by atoms with van der Waals surface area (Å²) in [6, 6.07) is 5.59. The quantitative estimate of drug-likeness (QED) is 0.768. The number of hydrogen-bond acceptors (Lipinski definition) is 3. The van der Waals surface area contributed by atoms with Crippen LogP contribution in [-0.4, -0.2) is 23.5 Å². The van der Waals surface area contributed by atoms with Gasteiger partial charge in [0, 0.05) is 21.8 Å². The van der Waals surface area contributed by atoms with Gasteiger partial charge in [-0.3, -0.25) is 4.90 Å². The summed E-state index contributed by atoms with van der Waals surface area (Å²) in [7, 11) is 0. The minimum Gasteiger partial charge on any atom is -0.326 e. The summed E-state index contributed by atoms with van der Waals surface area (Å²) < 4.78 is 0. The van der Waals surface area contributed by atoms with Crippen LogP contribution in [0, 0.1) is 6.92 Å². The third-order valence-electron chi connectivity index (χ3n) is 3.83. The number of aryl methyl sites for hydroxylation is 1. The van der Waals surface area contributed by atoms with Crippen LogP contribution < -0.4 is 5.73 Å². The Morgan fingerprint density at radius 3 is 2.37 bits per heavy atom. The van der Waals surface area contributed by atoms with Crippen molar-refractivity contribution in [3.63, 3.8) is 0 Å². The van der Waals surface area contributed by atoms with Crippen LogP contribution in [0.2, 0.25) is 0 Å². The largest absolute Gasteiger partial charge is 0.326 e. The number of unbranched alkanes of at least 4 members (excludes halogenated alkanes) is 1. The maximum atomic E-state index is 6.31. The zero-order chi connectivity index (χ0) is 14.4. The van der Waals surface area contributed by atoms with Gasteiger partial charge >= 0.3 is 0 Å². The lowest BCUT2D eigenvalue weighted by molar-refractivity contribution is 0.123. The van der Waals surface area contributed by atoms with Crippen LogP contribution in [0.25, 0.3) is 0 Å². The van der Waals surface area contributed by atoms with Gasteiger partial charge in [0.2, 0.25) is 0 Å². The van der Waals surface area contributed by atoms with Crippen LogP contribution in [-0.2, 0) is 0 Å². The molecular formula is C16H30N2S. The highest BCUT2D eigenvalue weighted by molar-refractivity contribution is 7.12. The van der Waals surface area contributed by atoms with Crippen LogP contribution in [0.15, 0.2) is 12.1 Å². The Morgan fingerprint density at radius 2 is 1.95 bits per heavy atom. The summed E-state index contributed by atoms with van der Waals surface area (Å²) in [6.45, 7) is 12.3. The first-order chi connectivity index (χ1) is 9.01. The van der Waals surface area contributed by atoms with Crippen molar-refractivity contribution in [1.29, 1.82) is 0 Å². The van der Waals surface area contributed by atoms with E-state index in [-0.39, 0.29) is 6.04 Å². The SMILES string of the molecule is CCCCN(C(C)CC)C(c1ccc(C)s1)C(C)N. The maximum Gasteiger partial charge on any atom is 0.0593 e. The molecule has 0 aliphatic heterocycles. The summed E-state index contributed by atoms with van der Waals surface area (Å²) in [5.74, 6) is 0. The Morgan fingerprint density at radius 1 is 1.26 bits per heavy atom. The molecule has 2 nitrogen and oxygen atoms in total. The van der Waals surface area contributed by atoms with Gasteiger partial charge in [-0.25, -0.2) is 0 Å². The third-order valence-corrected chi connectivity index (χ3v) is 4.91. The standard InChI is InChI=1S/C16H30N2S/c1-6-8-11-18(12(3)7-2)16(14(5)17)15-10-9-13(4)19-15/h9-10,12,14,16H,6-8,11,17H2,1-5H3. The Hall–Kier alpha value is -0.380. The van der Waals surface area contributed by atoms with E-state index in [4.69, 9.17) is 5.73 Å². The maximum absolute atomic E-state index is 6.31. The molecule has 0 radical (unpaired) electrons. The average Bonchev–Trinajstić information content (AvgIpc) is 2.79. The van der Waals surface area contributed by atoms with Crippen molar-refractivity contribution in [2.75, 3.05) is 6.54 Å². The van der Waals surface area contributed by atoms with Gasteiger partial charge in [-0.2, -0.15) is 0 Å². The number of rotatable bonds is 8. The summed E-state index contributed by atoms with van der Waals surface area (Å²) in [5.41, 5.74) is 6.31. The van der Waals surface area contributed by atoms with E-state index in [2.05, 4.69) is 51.7 Å². The molecule has 1 aromatic heterocycles. The van der Waals surface area contributed by atoms with E-state index >= 15 is 0 Å². The van der Waals surface area contributed by atoms with Crippen molar-refractivity contribution in [3.05, 3.63) is 21.9 Å². The lowest BCUT2D eigenvalue weighted by atomic mass is 10.0. The minimum absolute atomic E-state index is 0.170. The molecule has 0 saturated heterocycles. The zero-order valence-electron chi connectivity index (χ0n) is 13.1. The number of hydrogen-bond donors (Lipinski definition) is 1. The zero-order valence-corrected chi connectivity index (χ0v) is 14.0. The third kappa shape index (κ3) is 4.59. The van der Waals surface area contributed by atoms with E-state index in [1.54, 1.807) is 0 Å². The molecule has 0 saturated carbocycles. The Bertz CT molecular complexity index is 359. The molecule has 3 atom stereocenters. The van der Waals surface area contributed by atoms with E-state index in [0.717, 1.165) is 6.54 Å². The molecule has 3 heteroatoms. The molecule has 1 aromatic rings. The molecular weight excluding hydrogens is 252 g/mol. The molecule has 110 valence electrons. The molecule has 0 fully saturated rings. The van der Waals surface area contributed by atoms with Gasteiger partial charge in [0.1, 0.15) is 0 Å². The number of thiophene rings is 1. The highest BCUT2D eigenvalue weighted by Crippen LogP contribution is 2.32. The second-order valence-corrected chi connectivity index (χ2v) is 6.92. The normalized spacial score (nSPS) is 16.6. The van der Waals surface area contributed by atoms with Crippen LogP contribution in [0.4, 0.5) is 0 Å². The smallest absolute Gasteiger partial charge is 0.0593 e. The van der Waals surface area contributed by atoms with Crippen LogP contribution in [0.5, 0.6) is 0 Å². The van der Waals surface area contributed by atoms with Gasteiger partial charge in [0.15, 0.2) is 0 Å². The molecule has 0 aliphatic rings. The van der Waals surface area contributed by atoms with Crippen molar-refractivity contribution in [1.82, 2.24) is 4.90 Å². The van der Waals surface area contributed by atoms with Crippen LogP contribution >= 0.6 is 11.3 Å². The monoisotopic (exact) mass is 282 g/mol. The highest BCUT2D eigenvalue weighted by Gasteiger charge is 2.27. The second-order valence-electron chi connectivity index (χ2n) is 5.60. The summed E-state index contributed by atoms with van der Waals surface area (Å²) in [5, 5.41) is 0. The molecule has 0 amide bonds. The predicted molar refractivity (Wildman–Crippen MR) is 86.8 cm³/mol. The van der Waals surface area contributed by atoms with Crippen molar-refractivity contribution < 1.29 is 0 Å². The lowest BCUT2D eigenvalue weighted by Crippen LogP contribution is -2.44. The average molecular weight is 282 g/mol. The van der Waals surface area contributed by atoms with Crippen molar-refractivity contribution in [3.8, 4) is 0 Å². The van der Waals surface area contributed by atoms with Gasteiger partial charge in [-0.05, 0) is 52.3 Å². The topological polar surface area (TPSA) is 29.3 Å². The molecule has 0 aliphatic carbocycles. The van der Waals surface area contributed by atoms with E-state index in [0.29, 0.717) is 12.1 Å². The fourth-order valence-electron chi connectivity index (χ4n) is 2.55. The summed E-state index contributed by atoms with van der Waals surface area (Å²) in [4.78, 5) is 5.41. The van der Waals surface area contributed by atoms with E-state index in [9.17, 15) is 0 Å². The molecule has 2 N–H and O–H groups in total. The molecule has 0 spiro atoms. The summed E-state index contributed by atoms with van der Waals surface area (Å²) >= 11 is 1.89. The van der Waals surface area contributed by atoms with E-state index in [1.165, 1.54) is 29.0 Å². The fourth-order valence-corrected chi connectivity index (χ4v) is 3.66. The first-order valence-corrected chi connectivity index (χ1v) is 8.40. The number of nitrogens with zero attached hydrogens (tertiary/aromatic N) is 1. The second kappa shape index (κ2) is 8.03. The van der Waals surface area contributed by atoms with Gasteiger partial charge in [0.05, 0.1) is 6.04 Å². The Labute approximate surface area is 123 Å². The fraction of sp³-hybridized carbons (Fsp3) is 0.750. The molecule has 1 rings (SSSR count). The van der Waals surface area contributed by atoms with Crippen molar-refractivity contribution in [2.45, 2.75) is 72.0 Å². The van der Waals surface area contributed by atoms with Gasteiger partial charge in [0.25, 0.3) is 0 Å². The molecule has 1 heterocycles. The highest BCUT2D eigenvalue weighted by atomic mass is 32.1. The Kier molecular flexibility index (Phi) is 7.05. The number of nitrogens with two attached hydrogens (primary N) is 1. The van der Waals surface area contributed by atoms with Gasteiger partial charge in [-0.15, -0.1) is 11.3 Å². The van der Waals surface area contributed by atoms with Gasteiger partial charge < -0.3 is 5.73 Å². The van der Waals surface area contributed by atoms with Crippen LogP contribution in [0.1, 0.15) is 62.8 Å². The first kappa shape index (κ1) is 16.7. The molecule has 0 bridgehead atoms. The van der Waals surface area contributed by atoms with Crippen molar-refractivity contribution >= 4 is 11.3 Å². The van der Waals surface area contributed by atoms with Crippen LogP contribution in [0.3, 0.4) is 0 Å². The summed E-state index contributed by atoms with van der Waals surface area (Å²) in [6.07, 6.45) is 3.66. The first-order valence-electron chi connectivity index (χ1n) is 7.58. The predicted octanol–water partition coefficient (Wildman–Crippen LogP) is 4.35. The molecule has 3 unspecified atom stereocenters. The van der Waals surface area contributed by atoms with Crippen molar-refractivity contribution in [2.24, 2.45) is 5.73 Å².